The van der Waals surface area contributed by atoms with Crippen molar-refractivity contribution in [1.82, 2.24) is 10.2 Å². The highest BCUT2D eigenvalue weighted by Gasteiger charge is 2.24. The summed E-state index contributed by atoms with van der Waals surface area (Å²) < 4.78 is 0. The Balaban J connectivity index is 4.18. The molecule has 0 fully saturated rings. The summed E-state index contributed by atoms with van der Waals surface area (Å²) in [5.41, 5.74) is -0.184. The van der Waals surface area contributed by atoms with Crippen LogP contribution in [0.4, 0.5) is 0 Å². The lowest BCUT2D eigenvalue weighted by atomic mass is 10.1. The van der Waals surface area contributed by atoms with Crippen LogP contribution in [0.3, 0.4) is 0 Å². The largest absolute Gasteiger partial charge is 0.341 e. The lowest BCUT2D eigenvalue weighted by Gasteiger charge is -2.36. The van der Waals surface area contributed by atoms with Crippen LogP contribution in [-0.2, 0) is 4.79 Å². The van der Waals surface area contributed by atoms with Crippen LogP contribution in [0.15, 0.2) is 0 Å². The summed E-state index contributed by atoms with van der Waals surface area (Å²) in [5.74, 6) is 0. The molecule has 1 amide bonds. The predicted molar refractivity (Wildman–Crippen MR) is 46.2 cm³/mol. The van der Waals surface area contributed by atoms with Crippen molar-refractivity contribution in [2.24, 2.45) is 0 Å². The maximum atomic E-state index is 10.3. The van der Waals surface area contributed by atoms with Crippen LogP contribution in [-0.4, -0.2) is 30.6 Å². The van der Waals surface area contributed by atoms with Gasteiger partial charge in [0.25, 0.3) is 0 Å². The molecule has 1 unspecified atom stereocenters. The van der Waals surface area contributed by atoms with E-state index in [-0.39, 0.29) is 5.66 Å². The molecule has 3 heteroatoms. The van der Waals surface area contributed by atoms with Crippen molar-refractivity contribution in [1.29, 1.82) is 0 Å². The molecule has 0 saturated carbocycles. The molecule has 0 saturated heterocycles. The maximum Gasteiger partial charge on any atom is 0.208 e. The molecule has 0 radical (unpaired) electrons. The predicted octanol–water partition coefficient (Wildman–Crippen LogP) is 0.810. The topological polar surface area (TPSA) is 32.3 Å². The average molecular weight is 158 g/mol. The van der Waals surface area contributed by atoms with Crippen molar-refractivity contribution in [2.45, 2.75) is 32.9 Å². The van der Waals surface area contributed by atoms with E-state index in [1.807, 2.05) is 14.0 Å². The minimum absolute atomic E-state index is 0.184. The van der Waals surface area contributed by atoms with E-state index in [0.717, 1.165) is 19.4 Å². The quantitative estimate of drug-likeness (QED) is 0.474. The Morgan fingerprint density at radius 1 is 1.55 bits per heavy atom. The number of hydrogen-bond acceptors (Lipinski definition) is 2. The number of hydrogen-bond donors (Lipinski definition) is 1. The van der Waals surface area contributed by atoms with E-state index in [0.29, 0.717) is 0 Å². The SMILES string of the molecule is CCN(C)C(C)(CC)NC=O. The van der Waals surface area contributed by atoms with Crippen molar-refractivity contribution in [3.63, 3.8) is 0 Å². The third-order valence-corrected chi connectivity index (χ3v) is 2.38. The van der Waals surface area contributed by atoms with Crippen molar-refractivity contribution >= 4 is 6.41 Å². The first-order valence-corrected chi connectivity index (χ1v) is 4.03. The monoisotopic (exact) mass is 158 g/mol. The van der Waals surface area contributed by atoms with Gasteiger partial charge in [-0.05, 0) is 26.9 Å². The molecule has 0 aliphatic carbocycles. The molecule has 11 heavy (non-hydrogen) atoms. The molecule has 0 aromatic heterocycles. The van der Waals surface area contributed by atoms with Crippen LogP contribution in [0.5, 0.6) is 0 Å². The summed E-state index contributed by atoms with van der Waals surface area (Å²) in [6, 6.07) is 0. The molecule has 1 atom stereocenters. The van der Waals surface area contributed by atoms with Crippen molar-refractivity contribution in [3.8, 4) is 0 Å². The van der Waals surface area contributed by atoms with Crippen molar-refractivity contribution < 1.29 is 4.79 Å². The van der Waals surface area contributed by atoms with E-state index in [2.05, 4.69) is 24.1 Å². The van der Waals surface area contributed by atoms with Gasteiger partial charge in [0.05, 0.1) is 5.66 Å². The zero-order valence-corrected chi connectivity index (χ0v) is 7.85. The number of amides is 1. The van der Waals surface area contributed by atoms with Gasteiger partial charge in [-0.3, -0.25) is 9.69 Å². The van der Waals surface area contributed by atoms with E-state index in [9.17, 15) is 4.79 Å². The highest BCUT2D eigenvalue weighted by Crippen LogP contribution is 2.11. The van der Waals surface area contributed by atoms with Gasteiger partial charge in [0, 0.05) is 0 Å². The molecule has 0 aromatic carbocycles. The summed E-state index contributed by atoms with van der Waals surface area (Å²) in [7, 11) is 2.00. The first-order chi connectivity index (χ1) is 5.10. The minimum atomic E-state index is -0.184. The van der Waals surface area contributed by atoms with Crippen molar-refractivity contribution in [2.75, 3.05) is 13.6 Å². The molecule has 1 N–H and O–H groups in total. The first kappa shape index (κ1) is 10.4. The molecule has 66 valence electrons. The van der Waals surface area contributed by atoms with E-state index >= 15 is 0 Å². The molecule has 3 nitrogen and oxygen atoms in total. The summed E-state index contributed by atoms with van der Waals surface area (Å²) in [6.07, 6.45) is 1.67. The Kier molecular flexibility index (Phi) is 4.11. The van der Waals surface area contributed by atoms with Gasteiger partial charge in [0.2, 0.25) is 6.41 Å². The Morgan fingerprint density at radius 3 is 2.36 bits per heavy atom. The van der Waals surface area contributed by atoms with E-state index < -0.39 is 0 Å². The second-order valence-electron chi connectivity index (χ2n) is 2.90. The molecular weight excluding hydrogens is 140 g/mol. The number of carbonyl (C=O) groups excluding carboxylic acids is 1. The lowest BCUT2D eigenvalue weighted by molar-refractivity contribution is -0.113. The van der Waals surface area contributed by atoms with Gasteiger partial charge in [-0.2, -0.15) is 0 Å². The third-order valence-electron chi connectivity index (χ3n) is 2.38. The molecular formula is C8H18N2O. The van der Waals surface area contributed by atoms with Crippen molar-refractivity contribution in [3.05, 3.63) is 0 Å². The molecule has 0 aromatic rings. The van der Waals surface area contributed by atoms with E-state index in [1.54, 1.807) is 0 Å². The third kappa shape index (κ3) is 2.50. The molecule has 0 aliphatic rings. The summed E-state index contributed by atoms with van der Waals surface area (Å²) in [6.45, 7) is 7.08. The number of carbonyl (C=O) groups is 1. The fourth-order valence-corrected chi connectivity index (χ4v) is 0.958. The second-order valence-corrected chi connectivity index (χ2v) is 2.90. The standard InChI is InChI=1S/C8H18N2O/c1-5-8(3,9-7-11)10(4)6-2/h7H,5-6H2,1-4H3,(H,9,11). The average Bonchev–Trinajstić information content (AvgIpc) is 2.03. The van der Waals surface area contributed by atoms with Crippen LogP contribution in [0, 0.1) is 0 Å². The van der Waals surface area contributed by atoms with E-state index in [1.165, 1.54) is 0 Å². The van der Waals surface area contributed by atoms with Gasteiger partial charge in [0.15, 0.2) is 0 Å². The highest BCUT2D eigenvalue weighted by atomic mass is 16.1. The van der Waals surface area contributed by atoms with Gasteiger partial charge in [-0.15, -0.1) is 0 Å². The van der Waals surface area contributed by atoms with Gasteiger partial charge >= 0.3 is 0 Å². The smallest absolute Gasteiger partial charge is 0.208 e. The normalized spacial score (nSPS) is 16.1. The lowest BCUT2D eigenvalue weighted by Crippen LogP contribution is -2.54. The second kappa shape index (κ2) is 4.34. The Bertz CT molecular complexity index is 127. The molecule has 0 heterocycles. The molecule has 0 aliphatic heterocycles. The van der Waals surface area contributed by atoms with Crippen LogP contribution in [0.25, 0.3) is 0 Å². The first-order valence-electron chi connectivity index (χ1n) is 4.03. The van der Waals surface area contributed by atoms with Crippen LogP contribution in [0.1, 0.15) is 27.2 Å². The summed E-state index contributed by atoms with van der Waals surface area (Å²) >= 11 is 0. The van der Waals surface area contributed by atoms with Gasteiger partial charge in [-0.25, -0.2) is 0 Å². The Hall–Kier alpha value is -0.570. The Morgan fingerprint density at radius 2 is 2.09 bits per heavy atom. The summed E-state index contributed by atoms with van der Waals surface area (Å²) in [5, 5.41) is 2.80. The van der Waals surface area contributed by atoms with Crippen LogP contribution < -0.4 is 5.32 Å². The number of rotatable bonds is 5. The molecule has 0 rings (SSSR count). The highest BCUT2D eigenvalue weighted by molar-refractivity contribution is 5.47. The zero-order valence-electron chi connectivity index (χ0n) is 7.85. The number of nitrogens with one attached hydrogen (secondary N) is 1. The van der Waals surface area contributed by atoms with Gasteiger partial charge < -0.3 is 5.32 Å². The van der Waals surface area contributed by atoms with E-state index in [4.69, 9.17) is 0 Å². The molecule has 0 spiro atoms. The Labute approximate surface area is 68.8 Å². The maximum absolute atomic E-state index is 10.3. The zero-order chi connectivity index (χ0) is 8.91. The molecule has 0 bridgehead atoms. The fraction of sp³-hybridized carbons (Fsp3) is 0.875. The van der Waals surface area contributed by atoms with Crippen LogP contribution >= 0.6 is 0 Å². The summed E-state index contributed by atoms with van der Waals surface area (Å²) in [4.78, 5) is 12.4. The number of nitrogens with zero attached hydrogens (tertiary/aromatic N) is 1. The fourth-order valence-electron chi connectivity index (χ4n) is 0.958. The van der Waals surface area contributed by atoms with Crippen LogP contribution in [0.2, 0.25) is 0 Å². The minimum Gasteiger partial charge on any atom is -0.341 e. The van der Waals surface area contributed by atoms with Gasteiger partial charge in [-0.1, -0.05) is 13.8 Å². The van der Waals surface area contributed by atoms with Gasteiger partial charge in [0.1, 0.15) is 0 Å².